The number of benzene rings is 1. The third-order valence-electron chi connectivity index (χ3n) is 2.93. The van der Waals surface area contributed by atoms with E-state index in [1.807, 2.05) is 30.5 Å². The van der Waals surface area contributed by atoms with Crippen molar-refractivity contribution in [3.05, 3.63) is 66.1 Å². The van der Waals surface area contributed by atoms with E-state index in [9.17, 15) is 4.79 Å². The molecule has 1 amide bonds. The van der Waals surface area contributed by atoms with Gasteiger partial charge in [-0.15, -0.1) is 0 Å². The second-order valence-electron chi connectivity index (χ2n) is 4.22. The summed E-state index contributed by atoms with van der Waals surface area (Å²) in [6.07, 6.45) is 6.61. The lowest BCUT2D eigenvalue weighted by atomic mass is 10.2. The number of rotatable bonds is 3. The number of hydrogen-bond acceptors (Lipinski definition) is 3. The van der Waals surface area contributed by atoms with Gasteiger partial charge in [-0.3, -0.25) is 9.78 Å². The second kappa shape index (κ2) is 6.44. The maximum absolute atomic E-state index is 11.8. The van der Waals surface area contributed by atoms with Crippen LogP contribution in [0.1, 0.15) is 15.9 Å². The number of hydrogen-bond donors (Lipinski definition) is 2. The van der Waals surface area contributed by atoms with Crippen LogP contribution in [0.15, 0.2) is 60.1 Å². The molecule has 3 aromatic rings. The number of hydrazone groups is 1. The second-order valence-corrected chi connectivity index (χ2v) is 4.22. The molecule has 4 N–H and O–H groups in total. The number of aromatic amines is 1. The largest absolute Gasteiger partial charge is 0.412 e. The maximum Gasteiger partial charge on any atom is 0.271 e. The Hall–Kier alpha value is -2.99. The van der Waals surface area contributed by atoms with Gasteiger partial charge < -0.3 is 10.5 Å². The highest BCUT2D eigenvalue weighted by Gasteiger charge is 2.03. The van der Waals surface area contributed by atoms with Crippen LogP contribution in [0.3, 0.4) is 0 Å². The van der Waals surface area contributed by atoms with Gasteiger partial charge in [0.25, 0.3) is 5.91 Å². The van der Waals surface area contributed by atoms with Crippen molar-refractivity contribution in [2.75, 3.05) is 0 Å². The maximum atomic E-state index is 11.8. The number of H-pyrrole nitrogens is 1. The Kier molecular flexibility index (Phi) is 4.43. The summed E-state index contributed by atoms with van der Waals surface area (Å²) in [5.41, 5.74) is 4.98. The average molecular weight is 282 g/mol. The van der Waals surface area contributed by atoms with Crippen molar-refractivity contribution in [3.63, 3.8) is 0 Å². The van der Waals surface area contributed by atoms with Crippen molar-refractivity contribution in [2.24, 2.45) is 5.10 Å². The number of para-hydroxylation sites is 1. The first-order valence-electron chi connectivity index (χ1n) is 6.14. The SMILES string of the molecule is O.O=C(N/N=C/c1c[nH]c2ccccc12)c1ccncc1. The average Bonchev–Trinajstić information content (AvgIpc) is 2.92. The normalized spacial score (nSPS) is 10.5. The van der Waals surface area contributed by atoms with E-state index in [0.717, 1.165) is 16.5 Å². The lowest BCUT2D eigenvalue weighted by Gasteiger charge is -1.98. The predicted molar refractivity (Wildman–Crippen MR) is 81.2 cm³/mol. The van der Waals surface area contributed by atoms with Gasteiger partial charge in [-0.2, -0.15) is 5.10 Å². The molecule has 3 rings (SSSR count). The Morgan fingerprint density at radius 2 is 1.95 bits per heavy atom. The summed E-state index contributed by atoms with van der Waals surface area (Å²) in [7, 11) is 0. The lowest BCUT2D eigenvalue weighted by molar-refractivity contribution is 0.0955. The predicted octanol–water partition coefficient (Wildman–Crippen LogP) is 1.50. The Morgan fingerprint density at radius 3 is 2.76 bits per heavy atom. The van der Waals surface area contributed by atoms with Crippen molar-refractivity contribution in [1.82, 2.24) is 15.4 Å². The van der Waals surface area contributed by atoms with Crippen molar-refractivity contribution in [3.8, 4) is 0 Å². The number of pyridine rings is 1. The van der Waals surface area contributed by atoms with Gasteiger partial charge in [-0.25, -0.2) is 5.43 Å². The fourth-order valence-electron chi connectivity index (χ4n) is 1.93. The van der Waals surface area contributed by atoms with Gasteiger partial charge in [-0.05, 0) is 18.2 Å². The van der Waals surface area contributed by atoms with Crippen molar-refractivity contribution < 1.29 is 10.3 Å². The number of aromatic nitrogens is 2. The molecule has 0 saturated heterocycles. The number of amides is 1. The highest BCUT2D eigenvalue weighted by molar-refractivity contribution is 6.00. The zero-order chi connectivity index (χ0) is 13.8. The zero-order valence-electron chi connectivity index (χ0n) is 11.1. The van der Waals surface area contributed by atoms with E-state index in [4.69, 9.17) is 0 Å². The molecule has 2 heterocycles. The lowest BCUT2D eigenvalue weighted by Crippen LogP contribution is -2.17. The molecule has 0 aliphatic carbocycles. The number of fused-ring (bicyclic) bond motifs is 1. The minimum absolute atomic E-state index is 0. The van der Waals surface area contributed by atoms with Crippen LogP contribution in [-0.4, -0.2) is 27.6 Å². The smallest absolute Gasteiger partial charge is 0.271 e. The van der Waals surface area contributed by atoms with Crippen LogP contribution in [0.5, 0.6) is 0 Å². The fraction of sp³-hybridized carbons (Fsp3) is 0. The number of nitrogens with one attached hydrogen (secondary N) is 2. The Labute approximate surface area is 120 Å². The minimum Gasteiger partial charge on any atom is -0.412 e. The molecular formula is C15H14N4O2. The first-order chi connectivity index (χ1) is 9.84. The van der Waals surface area contributed by atoms with Gasteiger partial charge in [-0.1, -0.05) is 18.2 Å². The van der Waals surface area contributed by atoms with E-state index in [1.54, 1.807) is 30.7 Å². The molecule has 0 radical (unpaired) electrons. The monoisotopic (exact) mass is 282 g/mol. The summed E-state index contributed by atoms with van der Waals surface area (Å²) in [6.45, 7) is 0. The van der Waals surface area contributed by atoms with Crippen LogP contribution in [0.25, 0.3) is 10.9 Å². The highest BCUT2D eigenvalue weighted by Crippen LogP contribution is 2.15. The Morgan fingerprint density at radius 1 is 1.19 bits per heavy atom. The molecular weight excluding hydrogens is 268 g/mol. The molecule has 0 spiro atoms. The molecule has 6 nitrogen and oxygen atoms in total. The molecule has 0 saturated carbocycles. The van der Waals surface area contributed by atoms with Crippen LogP contribution < -0.4 is 5.43 Å². The van der Waals surface area contributed by atoms with Gasteiger partial charge in [0.05, 0.1) is 6.21 Å². The van der Waals surface area contributed by atoms with Crippen LogP contribution in [0.4, 0.5) is 0 Å². The molecule has 0 aliphatic rings. The molecule has 2 aromatic heterocycles. The molecule has 0 atom stereocenters. The molecule has 0 fully saturated rings. The molecule has 6 heteroatoms. The standard InChI is InChI=1S/C15H12N4O.H2O/c20-15(11-5-7-16-8-6-11)19-18-10-12-9-17-14-4-2-1-3-13(12)14;/h1-10,17H,(H,19,20);1H2/b18-10+;. The highest BCUT2D eigenvalue weighted by atomic mass is 16.2. The molecule has 1 aromatic carbocycles. The summed E-state index contributed by atoms with van der Waals surface area (Å²) in [5.74, 6) is -0.261. The van der Waals surface area contributed by atoms with Gasteiger partial charge in [0.2, 0.25) is 0 Å². The van der Waals surface area contributed by atoms with Crippen LogP contribution >= 0.6 is 0 Å². The van der Waals surface area contributed by atoms with Crippen LogP contribution in [0.2, 0.25) is 0 Å². The minimum atomic E-state index is -0.261. The molecule has 0 unspecified atom stereocenters. The third-order valence-corrected chi connectivity index (χ3v) is 2.93. The Bertz CT molecular complexity index is 765. The van der Waals surface area contributed by atoms with E-state index < -0.39 is 0 Å². The number of carbonyl (C=O) groups excluding carboxylic acids is 1. The first kappa shape index (κ1) is 14.4. The fourth-order valence-corrected chi connectivity index (χ4v) is 1.93. The van der Waals surface area contributed by atoms with Crippen molar-refractivity contribution in [1.29, 1.82) is 0 Å². The quantitative estimate of drug-likeness (QED) is 0.561. The number of nitrogens with zero attached hydrogens (tertiary/aromatic N) is 2. The summed E-state index contributed by atoms with van der Waals surface area (Å²) in [6, 6.07) is 11.2. The molecule has 0 bridgehead atoms. The van der Waals surface area contributed by atoms with Crippen molar-refractivity contribution in [2.45, 2.75) is 0 Å². The summed E-state index contributed by atoms with van der Waals surface area (Å²) < 4.78 is 0. The van der Waals surface area contributed by atoms with E-state index in [1.165, 1.54) is 0 Å². The van der Waals surface area contributed by atoms with E-state index in [2.05, 4.69) is 20.5 Å². The van der Waals surface area contributed by atoms with Crippen LogP contribution in [-0.2, 0) is 0 Å². The van der Waals surface area contributed by atoms with E-state index in [-0.39, 0.29) is 11.4 Å². The van der Waals surface area contributed by atoms with Gasteiger partial charge >= 0.3 is 0 Å². The zero-order valence-corrected chi connectivity index (χ0v) is 11.1. The van der Waals surface area contributed by atoms with E-state index >= 15 is 0 Å². The van der Waals surface area contributed by atoms with Crippen LogP contribution in [0, 0.1) is 0 Å². The number of carbonyl (C=O) groups is 1. The topological polar surface area (TPSA) is 102 Å². The Balaban J connectivity index is 0.00000161. The first-order valence-corrected chi connectivity index (χ1v) is 6.14. The summed E-state index contributed by atoms with van der Waals surface area (Å²) in [4.78, 5) is 18.8. The third kappa shape index (κ3) is 3.13. The summed E-state index contributed by atoms with van der Waals surface area (Å²) in [5, 5.41) is 5.04. The van der Waals surface area contributed by atoms with E-state index in [0.29, 0.717) is 5.56 Å². The van der Waals surface area contributed by atoms with Gasteiger partial charge in [0, 0.05) is 40.6 Å². The van der Waals surface area contributed by atoms with Gasteiger partial charge in [0.1, 0.15) is 0 Å². The van der Waals surface area contributed by atoms with Gasteiger partial charge in [0.15, 0.2) is 0 Å². The molecule has 0 aliphatic heterocycles. The van der Waals surface area contributed by atoms with Crippen molar-refractivity contribution >= 4 is 23.0 Å². The molecule has 21 heavy (non-hydrogen) atoms. The summed E-state index contributed by atoms with van der Waals surface area (Å²) >= 11 is 0. The molecule has 106 valence electrons.